The number of rotatable bonds is 6. The van der Waals surface area contributed by atoms with Crippen LogP contribution >= 0.6 is 0 Å². The van der Waals surface area contributed by atoms with Gasteiger partial charge in [0.2, 0.25) is 0 Å². The molecule has 1 aliphatic rings. The summed E-state index contributed by atoms with van der Waals surface area (Å²) in [6.07, 6.45) is 6.17. The first-order valence-electron chi connectivity index (χ1n) is 6.40. The molecule has 0 aliphatic carbocycles. The van der Waals surface area contributed by atoms with Gasteiger partial charge in [-0.1, -0.05) is 19.8 Å². The summed E-state index contributed by atoms with van der Waals surface area (Å²) in [6, 6.07) is 5.73. The van der Waals surface area contributed by atoms with Gasteiger partial charge in [-0.2, -0.15) is 0 Å². The van der Waals surface area contributed by atoms with Crippen molar-refractivity contribution in [1.29, 1.82) is 0 Å². The van der Waals surface area contributed by atoms with E-state index in [-0.39, 0.29) is 0 Å². The van der Waals surface area contributed by atoms with Gasteiger partial charge < -0.3 is 9.47 Å². The van der Waals surface area contributed by atoms with Gasteiger partial charge in [-0.25, -0.2) is 0 Å². The Kier molecular flexibility index (Phi) is 4.40. The highest BCUT2D eigenvalue weighted by molar-refractivity contribution is 5.94. The average Bonchev–Trinajstić information content (AvgIpc) is 2.42. The zero-order valence-corrected chi connectivity index (χ0v) is 10.6. The van der Waals surface area contributed by atoms with E-state index >= 15 is 0 Å². The third-order valence-corrected chi connectivity index (χ3v) is 2.95. The summed E-state index contributed by atoms with van der Waals surface area (Å²) in [6.45, 7) is 3.36. The average molecular weight is 246 g/mol. The first-order chi connectivity index (χ1) is 8.85. The molecular weight excluding hydrogens is 228 g/mol. The summed E-state index contributed by atoms with van der Waals surface area (Å²) >= 11 is 0. The van der Waals surface area contributed by atoms with E-state index in [1.165, 1.54) is 12.8 Å². The fourth-order valence-electron chi connectivity index (χ4n) is 1.96. The fraction of sp³-hybridized carbons (Fsp3) is 0.400. The molecule has 1 aliphatic heterocycles. The van der Waals surface area contributed by atoms with Crippen molar-refractivity contribution < 1.29 is 14.3 Å². The molecule has 18 heavy (non-hydrogen) atoms. The van der Waals surface area contributed by atoms with Gasteiger partial charge in [0.15, 0.2) is 12.0 Å². The van der Waals surface area contributed by atoms with Crippen molar-refractivity contribution in [2.24, 2.45) is 0 Å². The molecule has 0 amide bonds. The number of unbranched alkanes of at least 4 members (excludes halogenated alkanes) is 2. The van der Waals surface area contributed by atoms with Crippen LogP contribution in [0.2, 0.25) is 0 Å². The highest BCUT2D eigenvalue weighted by atomic mass is 16.5. The van der Waals surface area contributed by atoms with Crippen LogP contribution in [-0.2, 0) is 9.53 Å². The minimum atomic E-state index is 0.407. The molecule has 3 heteroatoms. The lowest BCUT2D eigenvalue weighted by Gasteiger charge is -2.10. The van der Waals surface area contributed by atoms with Gasteiger partial charge in [-0.3, -0.25) is 4.79 Å². The van der Waals surface area contributed by atoms with E-state index in [2.05, 4.69) is 6.92 Å². The molecule has 0 saturated carbocycles. The number of carbonyl (C=O) groups is 1. The molecule has 0 N–H and O–H groups in total. The maximum Gasteiger partial charge on any atom is 0.185 e. The fourth-order valence-corrected chi connectivity index (χ4v) is 1.96. The van der Waals surface area contributed by atoms with Gasteiger partial charge >= 0.3 is 0 Å². The summed E-state index contributed by atoms with van der Waals surface area (Å²) in [5.41, 5.74) is 0. The van der Waals surface area contributed by atoms with E-state index in [4.69, 9.17) is 9.47 Å². The lowest BCUT2D eigenvalue weighted by molar-refractivity contribution is -0.105. The summed E-state index contributed by atoms with van der Waals surface area (Å²) < 4.78 is 10.9. The largest absolute Gasteiger partial charge is 0.494 e. The van der Waals surface area contributed by atoms with E-state index in [1.54, 1.807) is 0 Å². The smallest absolute Gasteiger partial charge is 0.185 e. The van der Waals surface area contributed by atoms with Crippen molar-refractivity contribution in [3.8, 4) is 5.75 Å². The highest BCUT2D eigenvalue weighted by Gasteiger charge is 2.05. The molecule has 96 valence electrons. The minimum Gasteiger partial charge on any atom is -0.494 e. The second-order valence-corrected chi connectivity index (χ2v) is 4.30. The Morgan fingerprint density at radius 3 is 3.06 bits per heavy atom. The van der Waals surface area contributed by atoms with Gasteiger partial charge in [-0.15, -0.1) is 0 Å². The Hall–Kier alpha value is -1.77. The summed E-state index contributed by atoms with van der Waals surface area (Å²) in [4.78, 5) is 10.8. The van der Waals surface area contributed by atoms with E-state index < -0.39 is 0 Å². The molecule has 0 radical (unpaired) electrons. The number of hydrogen-bond acceptors (Lipinski definition) is 3. The van der Waals surface area contributed by atoms with E-state index in [0.29, 0.717) is 12.4 Å². The predicted octanol–water partition coefficient (Wildman–Crippen LogP) is 1.37. The number of aldehydes is 1. The maximum atomic E-state index is 10.8. The van der Waals surface area contributed by atoms with E-state index in [0.717, 1.165) is 35.5 Å². The van der Waals surface area contributed by atoms with Crippen molar-refractivity contribution >= 4 is 18.1 Å². The van der Waals surface area contributed by atoms with Crippen LogP contribution in [0.5, 0.6) is 5.75 Å². The van der Waals surface area contributed by atoms with Crippen LogP contribution in [0.3, 0.4) is 0 Å². The minimum absolute atomic E-state index is 0.407. The molecule has 2 rings (SSSR count). The zero-order valence-electron chi connectivity index (χ0n) is 10.6. The Balaban J connectivity index is 2.16. The molecule has 0 unspecified atom stereocenters. The quantitative estimate of drug-likeness (QED) is 0.562. The van der Waals surface area contributed by atoms with Crippen LogP contribution in [-0.4, -0.2) is 19.5 Å². The molecule has 1 heterocycles. The van der Waals surface area contributed by atoms with E-state index in [1.807, 2.05) is 24.3 Å². The monoisotopic (exact) mass is 246 g/mol. The van der Waals surface area contributed by atoms with E-state index in [9.17, 15) is 4.79 Å². The molecule has 1 aromatic rings. The van der Waals surface area contributed by atoms with Crippen molar-refractivity contribution in [2.45, 2.75) is 26.2 Å². The first-order valence-corrected chi connectivity index (χ1v) is 6.40. The summed E-state index contributed by atoms with van der Waals surface area (Å²) in [5, 5.41) is 1.86. The Morgan fingerprint density at radius 1 is 1.39 bits per heavy atom. The Bertz CT molecular complexity index is 531. The number of fused-ring (bicyclic) bond motifs is 1. The maximum absolute atomic E-state index is 10.8. The van der Waals surface area contributed by atoms with Crippen LogP contribution in [0.1, 0.15) is 26.2 Å². The van der Waals surface area contributed by atoms with Crippen LogP contribution in [0.4, 0.5) is 0 Å². The lowest BCUT2D eigenvalue weighted by atomic mass is 10.2. The van der Waals surface area contributed by atoms with Crippen molar-refractivity contribution in [1.82, 2.24) is 0 Å². The topological polar surface area (TPSA) is 35.5 Å². The van der Waals surface area contributed by atoms with Crippen LogP contribution in [0, 0.1) is 0 Å². The number of hydrogen-bond donors (Lipinski definition) is 0. The zero-order chi connectivity index (χ0) is 12.8. The summed E-state index contributed by atoms with van der Waals surface area (Å²) in [5.74, 6) is 1.26. The van der Waals surface area contributed by atoms with Crippen molar-refractivity contribution in [2.75, 3.05) is 13.2 Å². The third kappa shape index (κ3) is 2.92. The number of carbonyl (C=O) groups excluding carboxylic acids is 1. The van der Waals surface area contributed by atoms with Gasteiger partial charge in [0.1, 0.15) is 12.4 Å². The molecule has 0 atom stereocenters. The SMILES string of the molecule is CCCCCOc1ccc2c(c1)=CCOC=2C=O. The standard InChI is InChI=1S/C15H18O3/c1-2-3-4-8-17-13-5-6-14-12(10-13)7-9-18-15(14)11-16/h5-7,10-11H,2-4,8-9H2,1H3. The first kappa shape index (κ1) is 12.7. The molecule has 0 spiro atoms. The van der Waals surface area contributed by atoms with Crippen LogP contribution < -0.4 is 15.2 Å². The number of benzene rings is 1. The molecule has 0 saturated heterocycles. The second-order valence-electron chi connectivity index (χ2n) is 4.30. The van der Waals surface area contributed by atoms with Gasteiger partial charge in [0, 0.05) is 5.22 Å². The molecule has 1 aromatic carbocycles. The molecular formula is C15H18O3. The normalized spacial score (nSPS) is 13.3. The number of ether oxygens (including phenoxy) is 2. The molecule has 0 fully saturated rings. The molecule has 0 bridgehead atoms. The van der Waals surface area contributed by atoms with Crippen molar-refractivity contribution in [3.05, 3.63) is 28.6 Å². The van der Waals surface area contributed by atoms with Crippen LogP contribution in [0.25, 0.3) is 11.8 Å². The Labute approximate surface area is 107 Å². The van der Waals surface area contributed by atoms with Gasteiger partial charge in [0.05, 0.1) is 6.61 Å². The second kappa shape index (κ2) is 6.24. The van der Waals surface area contributed by atoms with Gasteiger partial charge in [0.25, 0.3) is 0 Å². The van der Waals surface area contributed by atoms with Gasteiger partial charge in [-0.05, 0) is 35.9 Å². The highest BCUT2D eigenvalue weighted by Crippen LogP contribution is 2.07. The third-order valence-electron chi connectivity index (χ3n) is 2.95. The summed E-state index contributed by atoms with van der Waals surface area (Å²) in [7, 11) is 0. The predicted molar refractivity (Wildman–Crippen MR) is 70.6 cm³/mol. The molecule has 0 aromatic heterocycles. The van der Waals surface area contributed by atoms with Crippen LogP contribution in [0.15, 0.2) is 18.2 Å². The van der Waals surface area contributed by atoms with Crippen molar-refractivity contribution in [3.63, 3.8) is 0 Å². The lowest BCUT2D eigenvalue weighted by Crippen LogP contribution is -2.32. The molecule has 3 nitrogen and oxygen atoms in total. The Morgan fingerprint density at radius 2 is 2.28 bits per heavy atom.